The van der Waals surface area contributed by atoms with Crippen LogP contribution in [0.2, 0.25) is 10.2 Å². The molecule has 0 unspecified atom stereocenters. The van der Waals surface area contributed by atoms with Crippen LogP contribution in [0, 0.1) is 6.08 Å². The predicted octanol–water partition coefficient (Wildman–Crippen LogP) is 4.07. The van der Waals surface area contributed by atoms with Gasteiger partial charge in [-0.25, -0.2) is 4.98 Å². The molecule has 2 atom stereocenters. The zero-order valence-corrected chi connectivity index (χ0v) is 21.4. The molecule has 1 fully saturated rings. The van der Waals surface area contributed by atoms with Crippen molar-refractivity contribution in [3.63, 3.8) is 0 Å². The fourth-order valence-electron chi connectivity index (χ4n) is 4.70. The highest BCUT2D eigenvalue weighted by atomic mass is 35.5. The van der Waals surface area contributed by atoms with Gasteiger partial charge >= 0.3 is 6.08 Å². The molecule has 0 aliphatic carbocycles. The van der Waals surface area contributed by atoms with Gasteiger partial charge in [0.25, 0.3) is 8.32 Å². The summed E-state index contributed by atoms with van der Waals surface area (Å²) in [5, 5.41) is 2.14. The quantitative estimate of drug-likeness (QED) is 0.220. The van der Waals surface area contributed by atoms with E-state index in [0.29, 0.717) is 5.52 Å². The number of hydrogen-bond acceptors (Lipinski definition) is 6. The lowest BCUT2D eigenvalue weighted by molar-refractivity contribution is -0.0943. The summed E-state index contributed by atoms with van der Waals surface area (Å²) in [7, 11) is -2.73. The number of ether oxygens (including phenoxy) is 2. The van der Waals surface area contributed by atoms with Crippen LogP contribution in [0.1, 0.15) is 27.0 Å². The minimum atomic E-state index is -2.73. The van der Waals surface area contributed by atoms with Crippen molar-refractivity contribution in [3.8, 4) is 0 Å². The van der Waals surface area contributed by atoms with Crippen LogP contribution in [-0.4, -0.2) is 47.3 Å². The van der Waals surface area contributed by atoms with E-state index < -0.39 is 26.9 Å². The van der Waals surface area contributed by atoms with Crippen LogP contribution in [0.3, 0.4) is 0 Å². The molecule has 1 aliphatic heterocycles. The Labute approximate surface area is 209 Å². The molecule has 10 heteroatoms. The monoisotopic (exact) mass is 512 g/mol. The van der Waals surface area contributed by atoms with Gasteiger partial charge in [0.2, 0.25) is 0 Å². The summed E-state index contributed by atoms with van der Waals surface area (Å²) in [6, 6.07) is 20.8. The van der Waals surface area contributed by atoms with Gasteiger partial charge in [0.05, 0.1) is 19.5 Å². The minimum Gasteiger partial charge on any atom is -0.402 e. The normalized spacial score (nSPS) is 18.9. The number of nitrogens with zero attached hydrogens (tertiary/aromatic N) is 4. The Morgan fingerprint density at radius 3 is 2.29 bits per heavy atom. The number of aromatic nitrogens is 4. The molecule has 4 aromatic rings. The van der Waals surface area contributed by atoms with Crippen molar-refractivity contribution in [2.75, 3.05) is 13.2 Å². The van der Waals surface area contributed by atoms with E-state index in [9.17, 15) is 4.39 Å². The van der Waals surface area contributed by atoms with Gasteiger partial charge in [-0.1, -0.05) is 93.0 Å². The Bertz CT molecular complexity index is 1280. The standard InChI is InChI=1S/C25H26ClFN4O3Si/c1-25(2,3)35(17-10-6-4-7-11-17,18-12-8-5-9-13-18)33-15-20-32-14-19(34-20)31-16-28-21-22(26)29-24(27)30-23(21)31/h4-13,16,19-20H,14-15H2,1-3H3/t19-,20+/m0/s1. The molecule has 5 rings (SSSR count). The molecule has 3 heterocycles. The Hall–Kier alpha value is -2.69. The van der Waals surface area contributed by atoms with Crippen LogP contribution in [0.25, 0.3) is 11.2 Å². The first kappa shape index (κ1) is 24.0. The smallest absolute Gasteiger partial charge is 0.312 e. The lowest BCUT2D eigenvalue weighted by atomic mass is 10.2. The Kier molecular flexibility index (Phi) is 6.45. The molecular formula is C25H26ClFN4O3Si. The number of benzene rings is 2. The van der Waals surface area contributed by atoms with Crippen LogP contribution < -0.4 is 10.4 Å². The summed E-state index contributed by atoms with van der Waals surface area (Å²) in [5.74, 6) is 0. The predicted molar refractivity (Wildman–Crippen MR) is 134 cm³/mol. The van der Waals surface area contributed by atoms with Gasteiger partial charge in [-0.2, -0.15) is 14.4 Å². The van der Waals surface area contributed by atoms with Gasteiger partial charge < -0.3 is 13.9 Å². The summed E-state index contributed by atoms with van der Waals surface area (Å²) >= 11 is 6.02. The highest BCUT2D eigenvalue weighted by molar-refractivity contribution is 6.99. The molecule has 0 N–H and O–H groups in total. The average Bonchev–Trinajstić information content (AvgIpc) is 3.47. The SMILES string of the molecule is CC(C)(C)[Si](OC[C@@H]1OC[C@@H](n2cnc3c(Cl)nc(F)nc32)O1)(c1ccccc1)c1ccccc1. The molecule has 0 radical (unpaired) electrons. The second kappa shape index (κ2) is 9.40. The van der Waals surface area contributed by atoms with E-state index in [2.05, 4.69) is 60.0 Å². The van der Waals surface area contributed by atoms with Crippen LogP contribution in [0.5, 0.6) is 0 Å². The number of halogens is 2. The van der Waals surface area contributed by atoms with Gasteiger partial charge in [0, 0.05) is 0 Å². The second-order valence-corrected chi connectivity index (χ2v) is 14.1. The summed E-state index contributed by atoms with van der Waals surface area (Å²) < 4.78 is 34.4. The maximum absolute atomic E-state index is 13.8. The van der Waals surface area contributed by atoms with E-state index in [1.54, 1.807) is 4.57 Å². The number of fused-ring (bicyclic) bond motifs is 1. The first-order valence-electron chi connectivity index (χ1n) is 11.4. The maximum atomic E-state index is 13.8. The molecule has 2 aromatic carbocycles. The van der Waals surface area contributed by atoms with E-state index in [1.807, 2.05) is 36.4 Å². The van der Waals surface area contributed by atoms with Crippen LogP contribution in [-0.2, 0) is 13.9 Å². The molecule has 35 heavy (non-hydrogen) atoms. The third-order valence-electron chi connectivity index (χ3n) is 6.25. The molecule has 182 valence electrons. The van der Waals surface area contributed by atoms with Crippen molar-refractivity contribution in [1.29, 1.82) is 0 Å². The lowest BCUT2D eigenvalue weighted by Gasteiger charge is -2.43. The van der Waals surface area contributed by atoms with Crippen LogP contribution in [0.4, 0.5) is 4.39 Å². The molecule has 0 bridgehead atoms. The van der Waals surface area contributed by atoms with Crippen LogP contribution in [0.15, 0.2) is 67.0 Å². The third-order valence-corrected chi connectivity index (χ3v) is 11.5. The van der Waals surface area contributed by atoms with Crippen molar-refractivity contribution in [3.05, 3.63) is 78.2 Å². The fourth-order valence-corrected chi connectivity index (χ4v) is 9.44. The molecule has 7 nitrogen and oxygen atoms in total. The van der Waals surface area contributed by atoms with E-state index in [-0.39, 0.29) is 29.1 Å². The molecule has 0 amide bonds. The van der Waals surface area contributed by atoms with Crippen LogP contribution >= 0.6 is 11.6 Å². The van der Waals surface area contributed by atoms with Crippen molar-refractivity contribution in [2.45, 2.75) is 38.3 Å². The summed E-state index contributed by atoms with van der Waals surface area (Å²) in [6.45, 7) is 7.13. The van der Waals surface area contributed by atoms with E-state index in [0.717, 1.165) is 0 Å². The molecule has 2 aromatic heterocycles. The van der Waals surface area contributed by atoms with Crippen molar-refractivity contribution >= 4 is 41.5 Å². The Morgan fingerprint density at radius 1 is 1.06 bits per heavy atom. The van der Waals surface area contributed by atoms with Gasteiger partial charge in [-0.15, -0.1) is 0 Å². The minimum absolute atomic E-state index is 0.0447. The summed E-state index contributed by atoms with van der Waals surface area (Å²) in [6.07, 6.45) is -0.571. The second-order valence-electron chi connectivity index (χ2n) is 9.44. The highest BCUT2D eigenvalue weighted by Gasteiger charge is 2.50. The van der Waals surface area contributed by atoms with Gasteiger partial charge in [-0.05, 0) is 15.4 Å². The van der Waals surface area contributed by atoms with Crippen molar-refractivity contribution in [2.24, 2.45) is 0 Å². The van der Waals surface area contributed by atoms with Gasteiger partial charge in [0.15, 0.2) is 23.3 Å². The van der Waals surface area contributed by atoms with E-state index in [4.69, 9.17) is 25.5 Å². The van der Waals surface area contributed by atoms with Crippen molar-refractivity contribution < 1.29 is 18.3 Å². The Morgan fingerprint density at radius 2 is 1.69 bits per heavy atom. The number of hydrogen-bond donors (Lipinski definition) is 0. The zero-order valence-electron chi connectivity index (χ0n) is 19.7. The van der Waals surface area contributed by atoms with Crippen molar-refractivity contribution in [1.82, 2.24) is 19.5 Å². The molecule has 0 saturated carbocycles. The number of rotatable bonds is 6. The van der Waals surface area contributed by atoms with Gasteiger partial charge in [-0.3, -0.25) is 4.57 Å². The first-order valence-corrected chi connectivity index (χ1v) is 13.7. The summed E-state index contributed by atoms with van der Waals surface area (Å²) in [4.78, 5) is 11.6. The maximum Gasteiger partial charge on any atom is 0.312 e. The lowest BCUT2D eigenvalue weighted by Crippen LogP contribution is -2.67. The first-order chi connectivity index (χ1) is 16.8. The van der Waals surface area contributed by atoms with Gasteiger partial charge in [0.1, 0.15) is 5.52 Å². The average molecular weight is 513 g/mol. The number of imidazole rings is 1. The Balaban J connectivity index is 1.42. The summed E-state index contributed by atoms with van der Waals surface area (Å²) in [5.41, 5.74) is 0.563. The highest BCUT2D eigenvalue weighted by Crippen LogP contribution is 2.37. The zero-order chi connectivity index (χ0) is 24.6. The molecular weight excluding hydrogens is 487 g/mol. The fraction of sp³-hybridized carbons (Fsp3) is 0.320. The molecule has 0 spiro atoms. The third kappa shape index (κ3) is 4.39. The van der Waals surface area contributed by atoms with E-state index in [1.165, 1.54) is 16.7 Å². The molecule has 1 saturated heterocycles. The topological polar surface area (TPSA) is 71.3 Å². The largest absolute Gasteiger partial charge is 0.402 e. The molecule has 1 aliphatic rings. The van der Waals surface area contributed by atoms with E-state index >= 15 is 0 Å².